The van der Waals surface area contributed by atoms with Crippen LogP contribution in [0, 0.1) is 6.92 Å². The molecule has 2 amide bonds. The number of hydrogen-bond acceptors (Lipinski definition) is 1. The van der Waals surface area contributed by atoms with E-state index < -0.39 is 41.2 Å². The molecular weight excluding hydrogens is 460 g/mol. The minimum atomic E-state index is -5.01. The number of benzene rings is 2. The molecule has 0 saturated heterocycles. The van der Waals surface area contributed by atoms with Crippen molar-refractivity contribution in [2.75, 3.05) is 11.9 Å². The maximum Gasteiger partial charge on any atom is 0.416 e. The molecule has 1 aliphatic heterocycles. The Morgan fingerprint density at radius 1 is 0.912 bits per heavy atom. The fourth-order valence-electron chi connectivity index (χ4n) is 4.24. The van der Waals surface area contributed by atoms with E-state index in [1.54, 1.807) is 0 Å². The molecule has 1 aliphatic rings. The van der Waals surface area contributed by atoms with Crippen LogP contribution in [0.5, 0.6) is 0 Å². The molecule has 0 aliphatic carbocycles. The molecule has 10 heteroatoms. The number of carbonyl (C=O) groups excluding carboxylic acids is 1. The van der Waals surface area contributed by atoms with Crippen LogP contribution in [0.15, 0.2) is 60.8 Å². The molecule has 4 rings (SSSR count). The van der Waals surface area contributed by atoms with Gasteiger partial charge in [0.25, 0.3) is 0 Å². The van der Waals surface area contributed by atoms with E-state index >= 15 is 0 Å². The van der Waals surface area contributed by atoms with Gasteiger partial charge in [-0.05, 0) is 54.8 Å². The Labute approximate surface area is 191 Å². The van der Waals surface area contributed by atoms with Gasteiger partial charge in [0.1, 0.15) is 0 Å². The predicted molar refractivity (Wildman–Crippen MR) is 114 cm³/mol. The number of hydrogen-bond donors (Lipinski definition) is 1. The normalized spacial score (nSPS) is 16.7. The molecule has 2 aromatic carbocycles. The Balaban J connectivity index is 1.74. The van der Waals surface area contributed by atoms with Crippen LogP contribution in [-0.4, -0.2) is 22.0 Å². The summed E-state index contributed by atoms with van der Waals surface area (Å²) in [4.78, 5) is 14.8. The van der Waals surface area contributed by atoms with Gasteiger partial charge < -0.3 is 14.8 Å². The number of aromatic nitrogens is 1. The molecule has 34 heavy (non-hydrogen) atoms. The maximum atomic E-state index is 13.3. The van der Waals surface area contributed by atoms with Crippen molar-refractivity contribution in [1.82, 2.24) is 9.47 Å². The van der Waals surface area contributed by atoms with Gasteiger partial charge in [-0.25, -0.2) is 4.79 Å². The molecule has 1 unspecified atom stereocenters. The zero-order valence-corrected chi connectivity index (χ0v) is 18.0. The number of aryl methyl sites for hydroxylation is 2. The predicted octanol–water partition coefficient (Wildman–Crippen LogP) is 6.86. The second-order valence-corrected chi connectivity index (χ2v) is 8.16. The van der Waals surface area contributed by atoms with E-state index in [0.717, 1.165) is 16.8 Å². The number of nitrogens with one attached hydrogen (secondary N) is 1. The number of fused-ring (bicyclic) bond motifs is 1. The fourth-order valence-corrected chi connectivity index (χ4v) is 4.24. The topological polar surface area (TPSA) is 37.3 Å². The summed E-state index contributed by atoms with van der Waals surface area (Å²) in [5.41, 5.74) is -1.02. The summed E-state index contributed by atoms with van der Waals surface area (Å²) in [6.45, 7) is 2.76. The number of alkyl halides is 6. The van der Waals surface area contributed by atoms with Crippen molar-refractivity contribution < 1.29 is 31.1 Å². The molecule has 0 fully saturated rings. The number of urea groups is 1. The maximum absolute atomic E-state index is 13.3. The summed E-state index contributed by atoms with van der Waals surface area (Å²) in [6, 6.07) is 10.8. The van der Waals surface area contributed by atoms with Crippen molar-refractivity contribution in [2.45, 2.75) is 38.3 Å². The first-order valence-corrected chi connectivity index (χ1v) is 10.5. The van der Waals surface area contributed by atoms with Crippen LogP contribution in [0.1, 0.15) is 40.4 Å². The summed E-state index contributed by atoms with van der Waals surface area (Å²) < 4.78 is 81.5. The molecule has 0 bridgehead atoms. The number of halogens is 6. The van der Waals surface area contributed by atoms with Crippen LogP contribution in [-0.2, 0) is 18.9 Å². The molecule has 0 spiro atoms. The lowest BCUT2D eigenvalue weighted by atomic mass is 9.97. The second kappa shape index (κ2) is 8.73. The first-order valence-electron chi connectivity index (χ1n) is 10.5. The molecule has 0 radical (unpaired) electrons. The Kier molecular flexibility index (Phi) is 6.09. The highest BCUT2D eigenvalue weighted by atomic mass is 19.4. The summed E-state index contributed by atoms with van der Waals surface area (Å²) in [5, 5.41) is 2.28. The van der Waals surface area contributed by atoms with Crippen molar-refractivity contribution >= 4 is 11.7 Å². The smallest absolute Gasteiger partial charge is 0.349 e. The van der Waals surface area contributed by atoms with Crippen LogP contribution in [0.25, 0.3) is 0 Å². The third-order valence-corrected chi connectivity index (χ3v) is 5.84. The van der Waals surface area contributed by atoms with E-state index in [0.29, 0.717) is 25.1 Å². The lowest BCUT2D eigenvalue weighted by Gasteiger charge is -2.32. The molecule has 1 atom stereocenters. The Morgan fingerprint density at radius 3 is 2.18 bits per heavy atom. The van der Waals surface area contributed by atoms with E-state index in [1.165, 1.54) is 4.90 Å². The van der Waals surface area contributed by atoms with Crippen molar-refractivity contribution in [3.05, 3.63) is 88.7 Å². The number of rotatable bonds is 2. The largest absolute Gasteiger partial charge is 0.416 e. The molecular formula is C24H21F6N3O. The summed E-state index contributed by atoms with van der Waals surface area (Å²) in [5.74, 6) is 0. The van der Waals surface area contributed by atoms with E-state index in [1.807, 2.05) is 54.1 Å². The molecule has 1 N–H and O–H groups in total. The van der Waals surface area contributed by atoms with Gasteiger partial charge in [-0.1, -0.05) is 24.3 Å². The monoisotopic (exact) mass is 481 g/mol. The van der Waals surface area contributed by atoms with Gasteiger partial charge in [-0.15, -0.1) is 0 Å². The van der Waals surface area contributed by atoms with Gasteiger partial charge in [0.15, 0.2) is 0 Å². The standard InChI is InChI=1S/C24H21F6N3O/c1-15-6-2-3-7-19(15)21-20-8-4-9-32(20)10-5-11-33(21)22(34)31-18-13-16(23(25,26)27)12-17(14-18)24(28,29)30/h2-4,6-9,12-14,21H,5,10-11H2,1H3,(H,31,34). The van der Waals surface area contributed by atoms with E-state index in [9.17, 15) is 31.1 Å². The molecule has 180 valence electrons. The fraction of sp³-hybridized carbons (Fsp3) is 0.292. The van der Waals surface area contributed by atoms with Crippen molar-refractivity contribution in [3.8, 4) is 0 Å². The number of carbonyl (C=O) groups is 1. The van der Waals surface area contributed by atoms with Gasteiger partial charge in [0.2, 0.25) is 0 Å². The van der Waals surface area contributed by atoms with Crippen LogP contribution < -0.4 is 5.32 Å². The first kappa shape index (κ1) is 23.7. The molecule has 1 aromatic heterocycles. The van der Waals surface area contributed by atoms with E-state index in [2.05, 4.69) is 5.32 Å². The summed E-state index contributed by atoms with van der Waals surface area (Å²) in [6.07, 6.45) is -7.57. The molecule has 3 aromatic rings. The molecule has 0 saturated carbocycles. The highest BCUT2D eigenvalue weighted by Crippen LogP contribution is 2.38. The third-order valence-electron chi connectivity index (χ3n) is 5.84. The lowest BCUT2D eigenvalue weighted by molar-refractivity contribution is -0.143. The minimum Gasteiger partial charge on any atom is -0.349 e. The van der Waals surface area contributed by atoms with E-state index in [4.69, 9.17) is 0 Å². The number of amides is 2. The average Bonchev–Trinajstić information content (AvgIpc) is 3.13. The number of anilines is 1. The van der Waals surface area contributed by atoms with Crippen LogP contribution in [0.4, 0.5) is 36.8 Å². The number of nitrogens with zero attached hydrogens (tertiary/aromatic N) is 2. The van der Waals surface area contributed by atoms with Crippen molar-refractivity contribution in [2.24, 2.45) is 0 Å². The van der Waals surface area contributed by atoms with Gasteiger partial charge in [0.05, 0.1) is 17.2 Å². The van der Waals surface area contributed by atoms with E-state index in [-0.39, 0.29) is 12.6 Å². The van der Waals surface area contributed by atoms with Gasteiger partial charge >= 0.3 is 18.4 Å². The lowest BCUT2D eigenvalue weighted by Crippen LogP contribution is -2.39. The van der Waals surface area contributed by atoms with Crippen molar-refractivity contribution in [1.29, 1.82) is 0 Å². The molecule has 2 heterocycles. The quantitative estimate of drug-likeness (QED) is 0.399. The van der Waals surface area contributed by atoms with Gasteiger partial charge in [-0.2, -0.15) is 26.3 Å². The summed E-state index contributed by atoms with van der Waals surface area (Å²) in [7, 11) is 0. The Morgan fingerprint density at radius 2 is 1.56 bits per heavy atom. The minimum absolute atomic E-state index is 0.0324. The zero-order chi connectivity index (χ0) is 24.7. The molecule has 4 nitrogen and oxygen atoms in total. The van der Waals surface area contributed by atoms with Crippen LogP contribution in [0.3, 0.4) is 0 Å². The van der Waals surface area contributed by atoms with Gasteiger partial charge in [0, 0.05) is 30.7 Å². The highest BCUT2D eigenvalue weighted by Gasteiger charge is 2.38. The average molecular weight is 481 g/mol. The Bertz CT molecular complexity index is 1170. The van der Waals surface area contributed by atoms with Crippen LogP contribution >= 0.6 is 0 Å². The van der Waals surface area contributed by atoms with Crippen LogP contribution in [0.2, 0.25) is 0 Å². The summed E-state index contributed by atoms with van der Waals surface area (Å²) >= 11 is 0. The highest BCUT2D eigenvalue weighted by molar-refractivity contribution is 5.90. The van der Waals surface area contributed by atoms with Crippen molar-refractivity contribution in [3.63, 3.8) is 0 Å². The second-order valence-electron chi connectivity index (χ2n) is 8.16. The third kappa shape index (κ3) is 4.76. The SMILES string of the molecule is Cc1ccccc1C1c2cccn2CCCN1C(=O)Nc1cc(C(F)(F)F)cc(C(F)(F)F)c1. The van der Waals surface area contributed by atoms with Gasteiger partial charge in [-0.3, -0.25) is 0 Å². The Hall–Kier alpha value is -3.43. The first-order chi connectivity index (χ1) is 15.9. The zero-order valence-electron chi connectivity index (χ0n) is 18.0.